The van der Waals surface area contributed by atoms with Gasteiger partial charge in [0, 0.05) is 6.20 Å². The van der Waals surface area contributed by atoms with Gasteiger partial charge in [0.25, 0.3) is 0 Å². The number of nitrogens with two attached hydrogens (primary N) is 1. The van der Waals surface area contributed by atoms with E-state index in [0.717, 1.165) is 11.1 Å². The van der Waals surface area contributed by atoms with Crippen LogP contribution in [0.1, 0.15) is 25.0 Å². The number of pyridine rings is 1. The van der Waals surface area contributed by atoms with Crippen molar-refractivity contribution in [2.75, 3.05) is 11.5 Å². The van der Waals surface area contributed by atoms with Crippen LogP contribution in [-0.2, 0) is 16.3 Å². The van der Waals surface area contributed by atoms with Gasteiger partial charge in [-0.1, -0.05) is 0 Å². The summed E-state index contributed by atoms with van der Waals surface area (Å²) in [5, 5.41) is -0.342. The maximum atomic E-state index is 11.7. The summed E-state index contributed by atoms with van der Waals surface area (Å²) in [5.74, 6) is 0.556. The van der Waals surface area contributed by atoms with Gasteiger partial charge in [0.2, 0.25) is 0 Å². The van der Waals surface area contributed by atoms with Crippen LogP contribution in [0.2, 0.25) is 0 Å². The Hall–Kier alpha value is -1.10. The predicted octanol–water partition coefficient (Wildman–Crippen LogP) is 1.34. The lowest BCUT2D eigenvalue weighted by molar-refractivity contribution is 0.586. The summed E-state index contributed by atoms with van der Waals surface area (Å²) in [6, 6.07) is 1.84. The van der Waals surface area contributed by atoms with Crippen molar-refractivity contribution in [3.63, 3.8) is 0 Å². The van der Waals surface area contributed by atoms with Gasteiger partial charge < -0.3 is 5.73 Å². The fraction of sp³-hybridized carbons (Fsp3) is 0.545. The molecule has 0 spiro atoms. The maximum Gasteiger partial charge on any atom is 0.152 e. The Morgan fingerprint density at radius 1 is 1.44 bits per heavy atom. The van der Waals surface area contributed by atoms with Crippen LogP contribution in [0.25, 0.3) is 0 Å². The number of aryl methyl sites for hydroxylation is 1. The van der Waals surface area contributed by atoms with Gasteiger partial charge in [0.1, 0.15) is 5.82 Å². The number of nitrogen functional groups attached to an aromatic ring is 1. The Bertz CT molecular complexity index is 447. The zero-order chi connectivity index (χ0) is 12.3. The SMILES string of the molecule is Cc1ccnc(N)c1CCS(=O)(=O)C(C)C. The summed E-state index contributed by atoms with van der Waals surface area (Å²) in [7, 11) is -3.01. The van der Waals surface area contributed by atoms with E-state index in [1.165, 1.54) is 0 Å². The first kappa shape index (κ1) is 13.0. The Morgan fingerprint density at radius 2 is 2.06 bits per heavy atom. The maximum absolute atomic E-state index is 11.7. The van der Waals surface area contributed by atoms with Gasteiger partial charge in [-0.15, -0.1) is 0 Å². The summed E-state index contributed by atoms with van der Waals surface area (Å²) >= 11 is 0. The van der Waals surface area contributed by atoms with Crippen molar-refractivity contribution in [1.29, 1.82) is 0 Å². The van der Waals surface area contributed by atoms with E-state index in [0.29, 0.717) is 12.2 Å². The molecule has 0 amide bonds. The predicted molar refractivity (Wildman–Crippen MR) is 66.0 cm³/mol. The Labute approximate surface area is 96.8 Å². The first-order valence-corrected chi connectivity index (χ1v) is 6.97. The van der Waals surface area contributed by atoms with Crippen molar-refractivity contribution < 1.29 is 8.42 Å². The molecule has 4 nitrogen and oxygen atoms in total. The highest BCUT2D eigenvalue weighted by Gasteiger charge is 2.17. The van der Waals surface area contributed by atoms with Gasteiger partial charge in [-0.25, -0.2) is 13.4 Å². The second-order valence-electron chi connectivity index (χ2n) is 4.16. The van der Waals surface area contributed by atoms with E-state index in [1.807, 2.05) is 13.0 Å². The molecule has 1 rings (SSSR count). The van der Waals surface area contributed by atoms with Crippen molar-refractivity contribution in [2.45, 2.75) is 32.4 Å². The molecule has 0 saturated heterocycles. The van der Waals surface area contributed by atoms with Crippen LogP contribution in [0.3, 0.4) is 0 Å². The van der Waals surface area contributed by atoms with Crippen LogP contribution in [0, 0.1) is 6.92 Å². The van der Waals surface area contributed by atoms with E-state index < -0.39 is 9.84 Å². The molecule has 1 aromatic heterocycles. The van der Waals surface area contributed by atoms with E-state index in [4.69, 9.17) is 5.73 Å². The number of hydrogen-bond donors (Lipinski definition) is 1. The zero-order valence-corrected chi connectivity index (χ0v) is 10.7. The molecule has 0 bridgehead atoms. The van der Waals surface area contributed by atoms with E-state index in [2.05, 4.69) is 4.98 Å². The molecule has 0 aromatic carbocycles. The molecule has 0 aliphatic rings. The summed E-state index contributed by atoms with van der Waals surface area (Å²) < 4.78 is 23.3. The van der Waals surface area contributed by atoms with E-state index in [1.54, 1.807) is 20.0 Å². The van der Waals surface area contributed by atoms with Crippen LogP contribution in [0.15, 0.2) is 12.3 Å². The molecule has 0 aliphatic heterocycles. The van der Waals surface area contributed by atoms with Crippen LogP contribution in [0.5, 0.6) is 0 Å². The highest BCUT2D eigenvalue weighted by atomic mass is 32.2. The lowest BCUT2D eigenvalue weighted by Gasteiger charge is -2.10. The van der Waals surface area contributed by atoms with Crippen molar-refractivity contribution in [3.05, 3.63) is 23.4 Å². The molecule has 0 atom stereocenters. The smallest absolute Gasteiger partial charge is 0.152 e. The first-order valence-electron chi connectivity index (χ1n) is 5.26. The molecule has 90 valence electrons. The number of rotatable bonds is 4. The molecule has 5 heteroatoms. The third kappa shape index (κ3) is 2.95. The standard InChI is InChI=1S/C11H18N2O2S/c1-8(2)16(14,15)7-5-10-9(3)4-6-13-11(10)12/h4,6,8H,5,7H2,1-3H3,(H2,12,13). The molecule has 0 aliphatic carbocycles. The third-order valence-electron chi connectivity index (χ3n) is 2.68. The normalized spacial score (nSPS) is 12.0. The Balaban J connectivity index is 2.84. The molecular weight excluding hydrogens is 224 g/mol. The monoisotopic (exact) mass is 242 g/mol. The Morgan fingerprint density at radius 3 is 2.56 bits per heavy atom. The third-order valence-corrected chi connectivity index (χ3v) is 4.89. The highest BCUT2D eigenvalue weighted by molar-refractivity contribution is 7.91. The second kappa shape index (κ2) is 4.82. The molecule has 1 aromatic rings. The summed E-state index contributed by atoms with van der Waals surface area (Å²) in [4.78, 5) is 3.97. The minimum Gasteiger partial charge on any atom is -0.383 e. The molecule has 0 unspecified atom stereocenters. The van der Waals surface area contributed by atoms with Crippen LogP contribution >= 0.6 is 0 Å². The van der Waals surface area contributed by atoms with Gasteiger partial charge in [-0.2, -0.15) is 0 Å². The van der Waals surface area contributed by atoms with Gasteiger partial charge in [-0.05, 0) is 44.4 Å². The van der Waals surface area contributed by atoms with Gasteiger partial charge >= 0.3 is 0 Å². The summed E-state index contributed by atoms with van der Waals surface area (Å²) in [6.45, 7) is 5.29. The summed E-state index contributed by atoms with van der Waals surface area (Å²) in [5.41, 5.74) is 7.55. The largest absolute Gasteiger partial charge is 0.383 e. The van der Waals surface area contributed by atoms with Gasteiger partial charge in [0.05, 0.1) is 11.0 Å². The number of hydrogen-bond acceptors (Lipinski definition) is 4. The molecule has 0 fully saturated rings. The van der Waals surface area contributed by atoms with E-state index in [9.17, 15) is 8.42 Å². The second-order valence-corrected chi connectivity index (χ2v) is 6.83. The van der Waals surface area contributed by atoms with Crippen LogP contribution < -0.4 is 5.73 Å². The quantitative estimate of drug-likeness (QED) is 0.864. The Kier molecular flexibility index (Phi) is 3.91. The van der Waals surface area contributed by atoms with E-state index in [-0.39, 0.29) is 11.0 Å². The molecular formula is C11H18N2O2S. The van der Waals surface area contributed by atoms with Crippen molar-refractivity contribution in [2.24, 2.45) is 0 Å². The molecule has 2 N–H and O–H groups in total. The zero-order valence-electron chi connectivity index (χ0n) is 9.90. The lowest BCUT2D eigenvalue weighted by atomic mass is 10.1. The highest BCUT2D eigenvalue weighted by Crippen LogP contribution is 2.15. The average Bonchev–Trinajstić information content (AvgIpc) is 2.16. The van der Waals surface area contributed by atoms with Crippen LogP contribution in [0.4, 0.5) is 5.82 Å². The van der Waals surface area contributed by atoms with Crippen molar-refractivity contribution in [1.82, 2.24) is 4.98 Å². The summed E-state index contributed by atoms with van der Waals surface area (Å²) in [6.07, 6.45) is 2.07. The van der Waals surface area contributed by atoms with Crippen LogP contribution in [-0.4, -0.2) is 24.4 Å². The van der Waals surface area contributed by atoms with E-state index >= 15 is 0 Å². The van der Waals surface area contributed by atoms with Crippen molar-refractivity contribution in [3.8, 4) is 0 Å². The number of aromatic nitrogens is 1. The fourth-order valence-corrected chi connectivity index (χ4v) is 2.38. The van der Waals surface area contributed by atoms with Gasteiger partial charge in [0.15, 0.2) is 9.84 Å². The topological polar surface area (TPSA) is 73.0 Å². The lowest BCUT2D eigenvalue weighted by Crippen LogP contribution is -2.19. The molecule has 0 radical (unpaired) electrons. The number of anilines is 1. The minimum absolute atomic E-state index is 0.126. The number of nitrogens with zero attached hydrogens (tertiary/aromatic N) is 1. The first-order chi connectivity index (χ1) is 7.34. The minimum atomic E-state index is -3.01. The molecule has 16 heavy (non-hydrogen) atoms. The average molecular weight is 242 g/mol. The number of sulfone groups is 1. The van der Waals surface area contributed by atoms with Crippen molar-refractivity contribution >= 4 is 15.7 Å². The van der Waals surface area contributed by atoms with Gasteiger partial charge in [-0.3, -0.25) is 0 Å². The molecule has 1 heterocycles. The molecule has 0 saturated carbocycles. The fourth-order valence-electron chi connectivity index (χ4n) is 1.42.